The van der Waals surface area contributed by atoms with Gasteiger partial charge in [-0.05, 0) is 55.4 Å². The summed E-state index contributed by atoms with van der Waals surface area (Å²) in [4.78, 5) is 0. The smallest absolute Gasteiger partial charge is 0.248 e. The Morgan fingerprint density at radius 2 is 1.12 bits per heavy atom. The molecule has 128 valence electrons. The second-order valence-corrected chi connectivity index (χ2v) is 9.94. The predicted molar refractivity (Wildman–Crippen MR) is 107 cm³/mol. The molecule has 2 nitrogen and oxygen atoms in total. The monoisotopic (exact) mass is 341 g/mol. The molecule has 0 aromatic heterocycles. The number of benzene rings is 2. The highest BCUT2D eigenvalue weighted by Gasteiger charge is 2.33. The molecule has 0 spiro atoms. The van der Waals surface area contributed by atoms with Gasteiger partial charge in [0.05, 0.1) is 0 Å². The Morgan fingerprint density at radius 3 is 1.42 bits per heavy atom. The third-order valence-electron chi connectivity index (χ3n) is 4.09. The molecule has 0 bridgehead atoms. The van der Waals surface area contributed by atoms with Gasteiger partial charge in [0.15, 0.2) is 0 Å². The van der Waals surface area contributed by atoms with Crippen LogP contribution in [0, 0.1) is 33.1 Å². The molecule has 0 heterocycles. The normalized spacial score (nSPS) is 12.8. The molecule has 0 aliphatic carbocycles. The molecular formula is C21H28NOP. The van der Waals surface area contributed by atoms with Crippen molar-refractivity contribution in [2.45, 2.75) is 48.5 Å². The molecule has 0 aliphatic heterocycles. The van der Waals surface area contributed by atoms with Crippen molar-refractivity contribution < 1.29 is 4.57 Å². The van der Waals surface area contributed by atoms with E-state index in [1.165, 1.54) is 0 Å². The maximum Gasteiger partial charge on any atom is 0.248 e. The van der Waals surface area contributed by atoms with Gasteiger partial charge in [0, 0.05) is 16.8 Å². The fourth-order valence-corrected chi connectivity index (χ4v) is 6.22. The quantitative estimate of drug-likeness (QED) is 0.553. The first-order valence-corrected chi connectivity index (χ1v) is 10.0. The van der Waals surface area contributed by atoms with Crippen LogP contribution < -0.4 is 10.6 Å². The summed E-state index contributed by atoms with van der Waals surface area (Å²) in [5.41, 5.74) is 4.02. The average molecular weight is 341 g/mol. The third-order valence-corrected chi connectivity index (χ3v) is 7.16. The molecule has 2 aromatic carbocycles. The Kier molecular flexibility index (Phi) is 5.20. The van der Waals surface area contributed by atoms with Gasteiger partial charge in [0.2, 0.25) is 7.29 Å². The molecule has 0 N–H and O–H groups in total. The standard InChI is InChI=1S/C21H28NOP/c1-15-10-8-11-16(2)19(15)24(23,22-14-21(5,6)7)20-17(3)12-9-13-18(20)4/h8-14H,1-7H3/b22-14+. The van der Waals surface area contributed by atoms with Gasteiger partial charge in [0.25, 0.3) is 0 Å². The van der Waals surface area contributed by atoms with Crippen molar-refractivity contribution in [3.8, 4) is 0 Å². The van der Waals surface area contributed by atoms with Gasteiger partial charge >= 0.3 is 0 Å². The fourth-order valence-electron chi connectivity index (χ4n) is 3.05. The summed E-state index contributed by atoms with van der Waals surface area (Å²) in [6.07, 6.45) is 1.85. The molecule has 2 aromatic rings. The van der Waals surface area contributed by atoms with Crippen LogP contribution in [0.1, 0.15) is 43.0 Å². The summed E-state index contributed by atoms with van der Waals surface area (Å²) >= 11 is 0. The Hall–Kier alpha value is -1.66. The first-order valence-electron chi connectivity index (χ1n) is 8.36. The first kappa shape index (κ1) is 18.7. The summed E-state index contributed by atoms with van der Waals surface area (Å²) < 4.78 is 19.1. The van der Waals surface area contributed by atoms with Gasteiger partial charge in [-0.3, -0.25) is 4.57 Å². The number of hydrogen-bond donors (Lipinski definition) is 0. The average Bonchev–Trinajstić information content (AvgIpc) is 2.44. The predicted octanol–water partition coefficient (Wildman–Crippen LogP) is 5.27. The van der Waals surface area contributed by atoms with E-state index >= 15 is 0 Å². The lowest BCUT2D eigenvalue weighted by atomic mass is 10.00. The highest BCUT2D eigenvalue weighted by Crippen LogP contribution is 2.48. The summed E-state index contributed by atoms with van der Waals surface area (Å²) in [6, 6.07) is 12.1. The molecule has 24 heavy (non-hydrogen) atoms. The molecule has 2 rings (SSSR count). The van der Waals surface area contributed by atoms with Gasteiger partial charge in [-0.2, -0.15) is 0 Å². The van der Waals surface area contributed by atoms with Crippen molar-refractivity contribution in [1.29, 1.82) is 0 Å². The zero-order valence-electron chi connectivity index (χ0n) is 15.8. The number of nitrogens with zero attached hydrogens (tertiary/aromatic N) is 1. The van der Waals surface area contributed by atoms with Crippen LogP contribution in [0.3, 0.4) is 0 Å². The SMILES string of the molecule is Cc1cccc(C)c1P(=O)(/N=C/C(C)(C)C)c1c(C)cccc1C. The Morgan fingerprint density at radius 1 is 0.792 bits per heavy atom. The lowest BCUT2D eigenvalue weighted by molar-refractivity contribution is 0.584. The first-order chi connectivity index (χ1) is 11.1. The van der Waals surface area contributed by atoms with Gasteiger partial charge in [-0.25, -0.2) is 4.76 Å². The topological polar surface area (TPSA) is 29.4 Å². The molecule has 0 atom stereocenters. The van der Waals surface area contributed by atoms with E-state index in [0.717, 1.165) is 32.9 Å². The minimum absolute atomic E-state index is 0.122. The summed E-state index contributed by atoms with van der Waals surface area (Å²) in [5, 5.41) is 1.76. The van der Waals surface area contributed by atoms with Gasteiger partial charge < -0.3 is 0 Å². The zero-order chi connectivity index (χ0) is 18.1. The van der Waals surface area contributed by atoms with E-state index in [-0.39, 0.29) is 5.41 Å². The number of aryl methyl sites for hydroxylation is 4. The van der Waals surface area contributed by atoms with Crippen LogP contribution in [-0.2, 0) is 4.57 Å². The van der Waals surface area contributed by atoms with Gasteiger partial charge in [0.1, 0.15) is 0 Å². The van der Waals surface area contributed by atoms with E-state index in [2.05, 4.69) is 20.8 Å². The largest absolute Gasteiger partial charge is 0.288 e. The highest BCUT2D eigenvalue weighted by molar-refractivity contribution is 7.78. The highest BCUT2D eigenvalue weighted by atomic mass is 31.2. The van der Waals surface area contributed by atoms with Crippen molar-refractivity contribution in [3.63, 3.8) is 0 Å². The van der Waals surface area contributed by atoms with E-state index in [0.29, 0.717) is 0 Å². The lowest BCUT2D eigenvalue weighted by Gasteiger charge is -2.23. The minimum Gasteiger partial charge on any atom is -0.288 e. The van der Waals surface area contributed by atoms with Crippen molar-refractivity contribution in [1.82, 2.24) is 0 Å². The van der Waals surface area contributed by atoms with E-state index in [4.69, 9.17) is 4.76 Å². The van der Waals surface area contributed by atoms with Crippen LogP contribution >= 0.6 is 7.29 Å². The molecular weight excluding hydrogens is 313 g/mol. The van der Waals surface area contributed by atoms with Crippen molar-refractivity contribution in [3.05, 3.63) is 58.7 Å². The van der Waals surface area contributed by atoms with Crippen LogP contribution in [0.15, 0.2) is 41.2 Å². The maximum absolute atomic E-state index is 14.3. The molecule has 3 heteroatoms. The van der Waals surface area contributed by atoms with Crippen molar-refractivity contribution in [2.75, 3.05) is 0 Å². The van der Waals surface area contributed by atoms with Crippen LogP contribution in [0.5, 0.6) is 0 Å². The summed E-state index contributed by atoms with van der Waals surface area (Å²) in [5.74, 6) is 0. The summed E-state index contributed by atoms with van der Waals surface area (Å²) in [7, 11) is -3.10. The van der Waals surface area contributed by atoms with Crippen LogP contribution in [-0.4, -0.2) is 6.21 Å². The molecule has 0 aliphatic rings. The Labute approximate surface area is 146 Å². The van der Waals surface area contributed by atoms with Crippen LogP contribution in [0.2, 0.25) is 0 Å². The van der Waals surface area contributed by atoms with E-state index in [9.17, 15) is 4.57 Å². The third kappa shape index (κ3) is 3.70. The van der Waals surface area contributed by atoms with Crippen molar-refractivity contribution >= 4 is 24.1 Å². The maximum atomic E-state index is 14.3. The molecule has 0 amide bonds. The molecule has 0 unspecified atom stereocenters. The van der Waals surface area contributed by atoms with Crippen LogP contribution in [0.25, 0.3) is 0 Å². The Balaban J connectivity index is 2.87. The molecule has 0 fully saturated rings. The fraction of sp³-hybridized carbons (Fsp3) is 0.381. The second-order valence-electron chi connectivity index (χ2n) is 7.67. The second kappa shape index (κ2) is 6.69. The van der Waals surface area contributed by atoms with E-state index in [1.54, 1.807) is 0 Å². The minimum atomic E-state index is -3.10. The lowest BCUT2D eigenvalue weighted by Crippen LogP contribution is -2.24. The van der Waals surface area contributed by atoms with E-state index in [1.807, 2.05) is 70.3 Å². The summed E-state index contributed by atoms with van der Waals surface area (Å²) in [6.45, 7) is 14.3. The molecule has 0 radical (unpaired) electrons. The molecule has 0 saturated carbocycles. The van der Waals surface area contributed by atoms with Crippen LogP contribution in [0.4, 0.5) is 0 Å². The van der Waals surface area contributed by atoms with Gasteiger partial charge in [-0.15, -0.1) is 0 Å². The molecule has 0 saturated heterocycles. The van der Waals surface area contributed by atoms with Gasteiger partial charge in [-0.1, -0.05) is 57.2 Å². The number of hydrogen-bond acceptors (Lipinski definition) is 1. The number of rotatable bonds is 3. The Bertz CT molecular complexity index is 732. The zero-order valence-corrected chi connectivity index (χ0v) is 16.7. The van der Waals surface area contributed by atoms with E-state index < -0.39 is 7.29 Å². The van der Waals surface area contributed by atoms with Crippen molar-refractivity contribution in [2.24, 2.45) is 10.2 Å².